The molecule has 0 atom stereocenters. The third-order valence-corrected chi connectivity index (χ3v) is 3.48. The summed E-state index contributed by atoms with van der Waals surface area (Å²) in [5, 5.41) is 0.405. The Balaban J connectivity index is 2.09. The van der Waals surface area contributed by atoms with Crippen LogP contribution in [0, 0.1) is 5.82 Å². The van der Waals surface area contributed by atoms with Crippen molar-refractivity contribution in [2.24, 2.45) is 0 Å². The SMILES string of the molecule is Fc1cc(Br)cc(-c2nc(Cl)cc(C3CC3)n2)c1. The van der Waals surface area contributed by atoms with E-state index in [0.29, 0.717) is 26.9 Å². The van der Waals surface area contributed by atoms with Crippen LogP contribution in [0.2, 0.25) is 5.15 Å². The van der Waals surface area contributed by atoms with Crippen LogP contribution in [0.4, 0.5) is 4.39 Å². The van der Waals surface area contributed by atoms with E-state index in [4.69, 9.17) is 11.6 Å². The van der Waals surface area contributed by atoms with Crippen LogP contribution < -0.4 is 0 Å². The summed E-state index contributed by atoms with van der Waals surface area (Å²) in [4.78, 5) is 8.63. The van der Waals surface area contributed by atoms with E-state index in [9.17, 15) is 4.39 Å². The highest BCUT2D eigenvalue weighted by molar-refractivity contribution is 9.10. The van der Waals surface area contributed by atoms with Crippen LogP contribution in [0.1, 0.15) is 24.5 Å². The lowest BCUT2D eigenvalue weighted by molar-refractivity contribution is 0.627. The monoisotopic (exact) mass is 326 g/mol. The summed E-state index contributed by atoms with van der Waals surface area (Å²) in [5.74, 6) is 0.641. The Morgan fingerprint density at radius 2 is 1.94 bits per heavy atom. The second-order valence-corrected chi connectivity index (χ2v) is 5.67. The van der Waals surface area contributed by atoms with Crippen molar-refractivity contribution in [3.8, 4) is 11.4 Å². The van der Waals surface area contributed by atoms with Crippen LogP contribution in [0.15, 0.2) is 28.7 Å². The Labute approximate surface area is 117 Å². The van der Waals surface area contributed by atoms with Crippen molar-refractivity contribution in [1.29, 1.82) is 0 Å². The van der Waals surface area contributed by atoms with Crippen molar-refractivity contribution in [3.63, 3.8) is 0 Å². The topological polar surface area (TPSA) is 25.8 Å². The number of hydrogen-bond acceptors (Lipinski definition) is 2. The molecular formula is C13H9BrClFN2. The van der Waals surface area contributed by atoms with Crippen molar-refractivity contribution in [2.75, 3.05) is 0 Å². The predicted molar refractivity (Wildman–Crippen MR) is 72.1 cm³/mol. The van der Waals surface area contributed by atoms with E-state index in [0.717, 1.165) is 18.5 Å². The highest BCUT2D eigenvalue weighted by Crippen LogP contribution is 2.40. The lowest BCUT2D eigenvalue weighted by atomic mass is 10.2. The van der Waals surface area contributed by atoms with E-state index in [1.54, 1.807) is 12.1 Å². The van der Waals surface area contributed by atoms with Gasteiger partial charge >= 0.3 is 0 Å². The molecule has 5 heteroatoms. The van der Waals surface area contributed by atoms with Gasteiger partial charge in [0.1, 0.15) is 11.0 Å². The average molecular weight is 328 g/mol. The smallest absolute Gasteiger partial charge is 0.161 e. The maximum absolute atomic E-state index is 13.4. The van der Waals surface area contributed by atoms with E-state index in [-0.39, 0.29) is 5.82 Å². The summed E-state index contributed by atoms with van der Waals surface area (Å²) in [6, 6.07) is 6.38. The molecule has 2 nitrogen and oxygen atoms in total. The maximum atomic E-state index is 13.4. The zero-order valence-electron chi connectivity index (χ0n) is 9.33. The molecule has 0 radical (unpaired) electrons. The fraction of sp³-hybridized carbons (Fsp3) is 0.231. The Morgan fingerprint density at radius 1 is 1.17 bits per heavy atom. The lowest BCUT2D eigenvalue weighted by Crippen LogP contribution is -1.95. The second kappa shape index (κ2) is 4.59. The molecule has 3 rings (SSSR count). The Kier molecular flexibility index (Phi) is 3.08. The van der Waals surface area contributed by atoms with Gasteiger partial charge in [-0.25, -0.2) is 14.4 Å². The number of aromatic nitrogens is 2. The molecule has 92 valence electrons. The van der Waals surface area contributed by atoms with Gasteiger partial charge < -0.3 is 0 Å². The maximum Gasteiger partial charge on any atom is 0.161 e. The molecule has 18 heavy (non-hydrogen) atoms. The lowest BCUT2D eigenvalue weighted by Gasteiger charge is -2.05. The standard InChI is InChI=1S/C13H9BrClFN2/c14-9-3-8(4-10(16)5-9)13-17-11(7-1-2-7)6-12(15)18-13/h3-7H,1-2H2. The van der Waals surface area contributed by atoms with Gasteiger partial charge in [-0.1, -0.05) is 27.5 Å². The summed E-state index contributed by atoms with van der Waals surface area (Å²) >= 11 is 9.25. The van der Waals surface area contributed by atoms with Gasteiger partial charge in [0.25, 0.3) is 0 Å². The quantitative estimate of drug-likeness (QED) is 0.755. The van der Waals surface area contributed by atoms with E-state index in [1.165, 1.54) is 12.1 Å². The van der Waals surface area contributed by atoms with Crippen LogP contribution in [-0.4, -0.2) is 9.97 Å². The summed E-state index contributed by atoms with van der Waals surface area (Å²) in [5.41, 5.74) is 1.58. The molecule has 1 aromatic heterocycles. The molecule has 1 aromatic carbocycles. The van der Waals surface area contributed by atoms with Gasteiger partial charge in [0.15, 0.2) is 5.82 Å². The summed E-state index contributed by atoms with van der Waals surface area (Å²) in [6.07, 6.45) is 2.28. The third kappa shape index (κ3) is 2.54. The summed E-state index contributed by atoms with van der Waals surface area (Å²) in [7, 11) is 0. The van der Waals surface area contributed by atoms with Crippen LogP contribution in [-0.2, 0) is 0 Å². The van der Waals surface area contributed by atoms with Gasteiger partial charge in [0, 0.05) is 21.6 Å². The Morgan fingerprint density at radius 3 is 2.61 bits per heavy atom. The first-order valence-corrected chi connectivity index (χ1v) is 6.80. The number of halogens is 3. The fourth-order valence-corrected chi connectivity index (χ4v) is 2.49. The van der Waals surface area contributed by atoms with Gasteiger partial charge in [0.05, 0.1) is 0 Å². The van der Waals surface area contributed by atoms with Gasteiger partial charge in [-0.3, -0.25) is 0 Å². The van der Waals surface area contributed by atoms with E-state index in [1.807, 2.05) is 0 Å². The molecule has 1 fully saturated rings. The number of benzene rings is 1. The molecule has 1 aliphatic rings. The molecule has 0 bridgehead atoms. The molecule has 1 aliphatic carbocycles. The molecule has 1 heterocycles. The molecule has 0 unspecified atom stereocenters. The van der Waals surface area contributed by atoms with E-state index < -0.39 is 0 Å². The van der Waals surface area contributed by atoms with Crippen molar-refractivity contribution in [1.82, 2.24) is 9.97 Å². The first kappa shape index (κ1) is 12.1. The summed E-state index contributed by atoms with van der Waals surface area (Å²) in [6.45, 7) is 0. The predicted octanol–water partition coefficient (Wildman–Crippen LogP) is 4.58. The van der Waals surface area contributed by atoms with Crippen LogP contribution in [0.5, 0.6) is 0 Å². The van der Waals surface area contributed by atoms with Gasteiger partial charge in [-0.05, 0) is 37.1 Å². The van der Waals surface area contributed by atoms with Crippen molar-refractivity contribution in [2.45, 2.75) is 18.8 Å². The first-order chi connectivity index (χ1) is 8.61. The minimum atomic E-state index is -0.323. The highest BCUT2D eigenvalue weighted by atomic mass is 79.9. The second-order valence-electron chi connectivity index (χ2n) is 4.37. The van der Waals surface area contributed by atoms with E-state index in [2.05, 4.69) is 25.9 Å². The molecule has 0 saturated heterocycles. The van der Waals surface area contributed by atoms with Crippen molar-refractivity contribution >= 4 is 27.5 Å². The number of hydrogen-bond donors (Lipinski definition) is 0. The van der Waals surface area contributed by atoms with Crippen molar-refractivity contribution < 1.29 is 4.39 Å². The minimum Gasteiger partial charge on any atom is -0.233 e. The van der Waals surface area contributed by atoms with Crippen molar-refractivity contribution in [3.05, 3.63) is 45.4 Å². The Bertz CT molecular complexity index is 594. The highest BCUT2D eigenvalue weighted by Gasteiger charge is 2.26. The van der Waals surface area contributed by atoms with Gasteiger partial charge in [0.2, 0.25) is 0 Å². The molecule has 1 saturated carbocycles. The zero-order chi connectivity index (χ0) is 12.7. The third-order valence-electron chi connectivity index (χ3n) is 2.83. The van der Waals surface area contributed by atoms with Crippen LogP contribution in [0.3, 0.4) is 0 Å². The fourth-order valence-electron chi connectivity index (χ4n) is 1.84. The molecule has 0 spiro atoms. The molecule has 0 N–H and O–H groups in total. The van der Waals surface area contributed by atoms with Gasteiger partial charge in [-0.15, -0.1) is 0 Å². The molecule has 0 aliphatic heterocycles. The molecular weight excluding hydrogens is 319 g/mol. The number of rotatable bonds is 2. The molecule has 2 aromatic rings. The zero-order valence-corrected chi connectivity index (χ0v) is 11.7. The normalized spacial score (nSPS) is 14.8. The number of nitrogens with zero attached hydrogens (tertiary/aromatic N) is 2. The van der Waals surface area contributed by atoms with Gasteiger partial charge in [-0.2, -0.15) is 0 Å². The van der Waals surface area contributed by atoms with Crippen LogP contribution >= 0.6 is 27.5 Å². The average Bonchev–Trinajstić information content (AvgIpc) is 3.10. The Hall–Kier alpha value is -1.00. The minimum absolute atomic E-state index is 0.323. The largest absolute Gasteiger partial charge is 0.233 e. The van der Waals surface area contributed by atoms with Crippen LogP contribution in [0.25, 0.3) is 11.4 Å². The summed E-state index contributed by atoms with van der Waals surface area (Å²) < 4.78 is 14.0. The first-order valence-electron chi connectivity index (χ1n) is 5.63. The van der Waals surface area contributed by atoms with E-state index >= 15 is 0 Å². The molecule has 0 amide bonds.